The molecule has 2 aliphatic rings. The topological polar surface area (TPSA) is 223 Å². The molecule has 1 saturated heterocycles. The number of fused-ring (bicyclic) bond motifs is 1. The highest BCUT2D eigenvalue weighted by molar-refractivity contribution is 5.97. The number of aryl methyl sites for hydroxylation is 1. The monoisotopic (exact) mass is 709 g/mol. The molecule has 14 nitrogen and oxygen atoms in total. The summed E-state index contributed by atoms with van der Waals surface area (Å²) in [6.45, 7) is 5.11. The summed E-state index contributed by atoms with van der Waals surface area (Å²) >= 11 is 0. The molecule has 2 aromatic rings. The molecule has 272 valence electrons. The van der Waals surface area contributed by atoms with Gasteiger partial charge in [-0.05, 0) is 51.7 Å². The first kappa shape index (κ1) is 40.3. The zero-order valence-electron chi connectivity index (χ0n) is 26.5. The number of guanidine groups is 1. The molecule has 49 heavy (non-hydrogen) atoms. The number of carboxylic acid groups (broad SMARTS) is 2. The van der Waals surface area contributed by atoms with Crippen molar-refractivity contribution in [2.75, 3.05) is 25.0 Å². The van der Waals surface area contributed by atoms with Crippen LogP contribution >= 0.6 is 0 Å². The molecule has 1 amide bonds. The van der Waals surface area contributed by atoms with E-state index in [1.54, 1.807) is 11.8 Å². The van der Waals surface area contributed by atoms with E-state index in [0.717, 1.165) is 36.6 Å². The van der Waals surface area contributed by atoms with Gasteiger partial charge in [0.25, 0.3) is 5.91 Å². The average Bonchev–Trinajstić information content (AvgIpc) is 3.01. The molecule has 0 spiro atoms. The minimum absolute atomic E-state index is 0.00716. The lowest BCUT2D eigenvalue weighted by atomic mass is 9.90. The van der Waals surface area contributed by atoms with E-state index < -0.39 is 24.3 Å². The molecule has 1 aromatic heterocycles. The van der Waals surface area contributed by atoms with Crippen molar-refractivity contribution in [1.82, 2.24) is 14.9 Å². The molecule has 2 atom stereocenters. The van der Waals surface area contributed by atoms with Crippen LogP contribution in [-0.2, 0) is 19.1 Å². The van der Waals surface area contributed by atoms with Crippen LogP contribution < -0.4 is 16.8 Å². The second kappa shape index (κ2) is 17.5. The van der Waals surface area contributed by atoms with Crippen LogP contribution in [0, 0.1) is 12.8 Å². The van der Waals surface area contributed by atoms with Gasteiger partial charge in [-0.3, -0.25) is 9.59 Å². The lowest BCUT2D eigenvalue weighted by molar-refractivity contribution is -0.193. The van der Waals surface area contributed by atoms with Crippen LogP contribution in [0.4, 0.5) is 32.2 Å². The molecular formula is C29H37F6N7O7. The summed E-state index contributed by atoms with van der Waals surface area (Å²) in [6, 6.07) is 5.86. The standard InChI is InChI=1S/C25H35N7O3.2C2HF3O2/c1-3-35-24(34)16-10-12-32(13-11-16)23(33)22-28-18-9-8-15(2)14-17(18)21(31-22)29-19-6-4-5-7-20(19)30-25(26)27;2*3-2(4,5)1(6)7/h8-9,14,16,19-20H,3-7,10-13H2,1-2H3,(H4,26,27,30)(H,28,29,31);2*(H,6,7). The molecule has 0 bridgehead atoms. The Kier molecular flexibility index (Phi) is 14.4. The number of aliphatic carboxylic acids is 2. The van der Waals surface area contributed by atoms with Gasteiger partial charge in [-0.1, -0.05) is 24.5 Å². The smallest absolute Gasteiger partial charge is 0.475 e. The number of nitrogens with one attached hydrogen (secondary N) is 1. The van der Waals surface area contributed by atoms with Crippen LogP contribution in [-0.4, -0.2) is 99.0 Å². The van der Waals surface area contributed by atoms with Gasteiger partial charge in [-0.15, -0.1) is 0 Å². The Balaban J connectivity index is 0.000000500. The number of aromatic nitrogens is 2. The van der Waals surface area contributed by atoms with Gasteiger partial charge in [0, 0.05) is 18.5 Å². The second-order valence-electron chi connectivity index (χ2n) is 11.0. The number of hydrogen-bond acceptors (Lipinski definition) is 9. The number of piperidine rings is 1. The highest BCUT2D eigenvalue weighted by atomic mass is 19.4. The number of amides is 1. The number of hydrogen-bond donors (Lipinski definition) is 5. The first-order chi connectivity index (χ1) is 22.7. The normalized spacial score (nSPS) is 18.2. The number of rotatable bonds is 6. The minimum atomic E-state index is -5.08. The second-order valence-corrected chi connectivity index (χ2v) is 11.0. The number of carbonyl (C=O) groups excluding carboxylic acids is 2. The number of esters is 1. The maximum atomic E-state index is 13.4. The van der Waals surface area contributed by atoms with Crippen molar-refractivity contribution < 1.29 is 60.5 Å². The molecule has 2 fully saturated rings. The van der Waals surface area contributed by atoms with Crippen molar-refractivity contribution in [3.05, 3.63) is 29.6 Å². The summed E-state index contributed by atoms with van der Waals surface area (Å²) in [5, 5.41) is 18.6. The molecule has 1 aliphatic carbocycles. The Labute approximate surface area is 275 Å². The largest absolute Gasteiger partial charge is 0.490 e. The molecule has 4 rings (SSSR count). The van der Waals surface area contributed by atoms with Crippen molar-refractivity contribution in [2.45, 2.75) is 76.8 Å². The summed E-state index contributed by atoms with van der Waals surface area (Å²) in [5.41, 5.74) is 13.1. The van der Waals surface area contributed by atoms with Gasteiger partial charge in [-0.2, -0.15) is 26.3 Å². The average molecular weight is 710 g/mol. The molecule has 7 N–H and O–H groups in total. The first-order valence-corrected chi connectivity index (χ1v) is 14.9. The number of ether oxygens (including phenoxy) is 1. The third-order valence-corrected chi connectivity index (χ3v) is 7.30. The minimum Gasteiger partial charge on any atom is -0.475 e. The number of carbonyl (C=O) groups is 4. The molecule has 2 heterocycles. The number of alkyl halides is 6. The Morgan fingerprint density at radius 2 is 1.51 bits per heavy atom. The number of halogens is 6. The van der Waals surface area contributed by atoms with Crippen LogP contribution in [0.2, 0.25) is 0 Å². The Bertz CT molecular complexity index is 1480. The molecule has 1 aromatic carbocycles. The zero-order chi connectivity index (χ0) is 37.1. The molecule has 1 saturated carbocycles. The van der Waals surface area contributed by atoms with E-state index >= 15 is 0 Å². The lowest BCUT2D eigenvalue weighted by Gasteiger charge is -2.31. The predicted molar refractivity (Wildman–Crippen MR) is 162 cm³/mol. The number of nitrogens with two attached hydrogens (primary N) is 2. The van der Waals surface area contributed by atoms with Gasteiger partial charge in [0.1, 0.15) is 5.82 Å². The van der Waals surface area contributed by atoms with Gasteiger partial charge in [0.05, 0.1) is 30.1 Å². The number of aliphatic imine (C=N–C) groups is 1. The SMILES string of the molecule is CCOC(=O)C1CCN(C(=O)c2nc(NC3CCCCC3N=C(N)N)c3cc(C)ccc3n2)CC1.O=C(O)C(F)(F)F.O=C(O)C(F)(F)F. The van der Waals surface area contributed by atoms with Crippen LogP contribution in [0.25, 0.3) is 10.9 Å². The number of nitrogens with zero attached hydrogens (tertiary/aromatic N) is 4. The summed E-state index contributed by atoms with van der Waals surface area (Å²) in [6.07, 6.45) is -5.09. The van der Waals surface area contributed by atoms with Gasteiger partial charge in [-0.25, -0.2) is 24.5 Å². The zero-order valence-corrected chi connectivity index (χ0v) is 26.5. The van der Waals surface area contributed by atoms with E-state index in [-0.39, 0.29) is 41.7 Å². The number of likely N-dealkylation sites (tertiary alicyclic amines) is 1. The fraction of sp³-hybridized carbons (Fsp3) is 0.552. The van der Waals surface area contributed by atoms with Crippen LogP contribution in [0.15, 0.2) is 23.2 Å². The van der Waals surface area contributed by atoms with E-state index in [4.69, 9.17) is 41.0 Å². The van der Waals surface area contributed by atoms with Gasteiger partial charge >= 0.3 is 30.3 Å². The van der Waals surface area contributed by atoms with Gasteiger partial charge in [0.2, 0.25) is 5.82 Å². The maximum absolute atomic E-state index is 13.4. The van der Waals surface area contributed by atoms with E-state index in [0.29, 0.717) is 43.9 Å². The molecule has 20 heteroatoms. The molecule has 2 unspecified atom stereocenters. The van der Waals surface area contributed by atoms with Crippen LogP contribution in [0.3, 0.4) is 0 Å². The van der Waals surface area contributed by atoms with Crippen molar-refractivity contribution in [3.63, 3.8) is 0 Å². The Hall–Kier alpha value is -4.91. The van der Waals surface area contributed by atoms with E-state index in [1.807, 2.05) is 25.1 Å². The number of benzene rings is 1. The summed E-state index contributed by atoms with van der Waals surface area (Å²) in [4.78, 5) is 58.7. The maximum Gasteiger partial charge on any atom is 0.490 e. The van der Waals surface area contributed by atoms with Crippen molar-refractivity contribution in [2.24, 2.45) is 22.4 Å². The fourth-order valence-electron chi connectivity index (χ4n) is 4.97. The predicted octanol–water partition coefficient (Wildman–Crippen LogP) is 3.62. The summed E-state index contributed by atoms with van der Waals surface area (Å²) in [7, 11) is 0. The molecular weight excluding hydrogens is 672 g/mol. The van der Waals surface area contributed by atoms with Crippen LogP contribution in [0.1, 0.15) is 61.6 Å². The third kappa shape index (κ3) is 12.6. The van der Waals surface area contributed by atoms with E-state index in [1.165, 1.54) is 0 Å². The van der Waals surface area contributed by atoms with Crippen molar-refractivity contribution >= 4 is 46.5 Å². The fourth-order valence-corrected chi connectivity index (χ4v) is 4.97. The van der Waals surface area contributed by atoms with Crippen molar-refractivity contribution in [1.29, 1.82) is 0 Å². The van der Waals surface area contributed by atoms with Gasteiger partial charge < -0.3 is 36.6 Å². The van der Waals surface area contributed by atoms with Crippen molar-refractivity contribution in [3.8, 4) is 0 Å². The summed E-state index contributed by atoms with van der Waals surface area (Å²) < 4.78 is 68.6. The summed E-state index contributed by atoms with van der Waals surface area (Å²) in [5.74, 6) is -5.27. The Morgan fingerprint density at radius 1 is 0.959 bits per heavy atom. The van der Waals surface area contributed by atoms with E-state index in [9.17, 15) is 35.9 Å². The number of anilines is 1. The Morgan fingerprint density at radius 3 is 2.02 bits per heavy atom. The highest BCUT2D eigenvalue weighted by Gasteiger charge is 2.39. The number of carboxylic acids is 2. The third-order valence-electron chi connectivity index (χ3n) is 7.30. The van der Waals surface area contributed by atoms with E-state index in [2.05, 4.69) is 15.3 Å². The molecule has 0 radical (unpaired) electrons. The quantitative estimate of drug-likeness (QED) is 0.126. The lowest BCUT2D eigenvalue weighted by Crippen LogP contribution is -2.41. The van der Waals surface area contributed by atoms with Crippen LogP contribution in [0.5, 0.6) is 0 Å². The van der Waals surface area contributed by atoms with Gasteiger partial charge in [0.15, 0.2) is 5.96 Å². The highest BCUT2D eigenvalue weighted by Crippen LogP contribution is 2.29. The molecule has 1 aliphatic heterocycles. The first-order valence-electron chi connectivity index (χ1n) is 14.9.